The molecule has 0 saturated heterocycles. The normalized spacial score (nSPS) is 10.7. The molecule has 0 aliphatic heterocycles. The van der Waals surface area contributed by atoms with Crippen molar-refractivity contribution in [3.8, 4) is 17.6 Å². The predicted molar refractivity (Wildman–Crippen MR) is 109 cm³/mol. The number of methoxy groups -OCH3 is 1. The van der Waals surface area contributed by atoms with Crippen LogP contribution >= 0.6 is 27.5 Å². The Morgan fingerprint density at radius 3 is 2.68 bits per heavy atom. The van der Waals surface area contributed by atoms with Crippen molar-refractivity contribution >= 4 is 51.1 Å². The van der Waals surface area contributed by atoms with Gasteiger partial charge < -0.3 is 20.5 Å². The van der Waals surface area contributed by atoms with Crippen LogP contribution in [-0.2, 0) is 9.59 Å². The van der Waals surface area contributed by atoms with Gasteiger partial charge in [-0.05, 0) is 51.8 Å². The number of anilines is 1. The van der Waals surface area contributed by atoms with E-state index in [4.69, 9.17) is 26.8 Å². The molecule has 0 unspecified atom stereocenters. The summed E-state index contributed by atoms with van der Waals surface area (Å²) in [6.07, 6.45) is 1.39. The summed E-state index contributed by atoms with van der Waals surface area (Å²) in [5, 5.41) is 12.3. The minimum absolute atomic E-state index is 0.139. The fourth-order valence-electron chi connectivity index (χ4n) is 2.17. The van der Waals surface area contributed by atoms with E-state index in [9.17, 15) is 14.9 Å². The van der Waals surface area contributed by atoms with Gasteiger partial charge in [-0.3, -0.25) is 9.59 Å². The van der Waals surface area contributed by atoms with Crippen LogP contribution in [0.2, 0.25) is 5.02 Å². The average molecular weight is 465 g/mol. The molecule has 2 aromatic carbocycles. The maximum atomic E-state index is 12.4. The molecule has 0 spiro atoms. The molecule has 0 radical (unpaired) electrons. The molecule has 2 aromatic rings. The molecule has 0 aliphatic rings. The maximum Gasteiger partial charge on any atom is 0.266 e. The monoisotopic (exact) mass is 463 g/mol. The van der Waals surface area contributed by atoms with E-state index in [0.29, 0.717) is 26.5 Å². The largest absolute Gasteiger partial charge is 0.493 e. The molecular weight excluding hydrogens is 450 g/mol. The van der Waals surface area contributed by atoms with Crippen LogP contribution in [0.15, 0.2) is 46.4 Å². The zero-order valence-electron chi connectivity index (χ0n) is 14.7. The molecule has 0 saturated carbocycles. The van der Waals surface area contributed by atoms with Crippen molar-refractivity contribution in [3.63, 3.8) is 0 Å². The predicted octanol–water partition coefficient (Wildman–Crippen LogP) is 3.52. The number of nitrogens with two attached hydrogens (primary N) is 1. The third-order valence-electron chi connectivity index (χ3n) is 3.41. The summed E-state index contributed by atoms with van der Waals surface area (Å²) < 4.78 is 11.0. The fourth-order valence-corrected chi connectivity index (χ4v) is 2.93. The molecule has 9 heteroatoms. The van der Waals surface area contributed by atoms with E-state index in [0.717, 1.165) is 0 Å². The summed E-state index contributed by atoms with van der Waals surface area (Å²) >= 11 is 9.33. The maximum absolute atomic E-state index is 12.4. The van der Waals surface area contributed by atoms with Gasteiger partial charge in [0, 0.05) is 0 Å². The zero-order valence-corrected chi connectivity index (χ0v) is 17.0. The summed E-state index contributed by atoms with van der Waals surface area (Å²) in [5.74, 6) is -0.677. The summed E-state index contributed by atoms with van der Waals surface area (Å²) in [5.41, 5.74) is 5.84. The van der Waals surface area contributed by atoms with Crippen LogP contribution in [0.5, 0.6) is 11.5 Å². The highest BCUT2D eigenvalue weighted by atomic mass is 79.9. The molecule has 0 aromatic heterocycles. The molecule has 7 nitrogen and oxygen atoms in total. The molecule has 0 bridgehead atoms. The smallest absolute Gasteiger partial charge is 0.266 e. The topological polar surface area (TPSA) is 114 Å². The first kappa shape index (κ1) is 21.3. The van der Waals surface area contributed by atoms with Crippen molar-refractivity contribution < 1.29 is 19.1 Å². The van der Waals surface area contributed by atoms with Crippen LogP contribution in [0.1, 0.15) is 5.56 Å². The molecule has 144 valence electrons. The van der Waals surface area contributed by atoms with Crippen LogP contribution in [0, 0.1) is 11.3 Å². The Bertz CT molecular complexity index is 986. The van der Waals surface area contributed by atoms with E-state index in [1.165, 1.54) is 13.2 Å². The van der Waals surface area contributed by atoms with Crippen LogP contribution in [-0.4, -0.2) is 25.5 Å². The van der Waals surface area contributed by atoms with Gasteiger partial charge in [0.2, 0.25) is 0 Å². The lowest BCUT2D eigenvalue weighted by Gasteiger charge is -2.12. The quantitative estimate of drug-likeness (QED) is 0.480. The third-order valence-corrected chi connectivity index (χ3v) is 4.33. The fraction of sp³-hybridized carbons (Fsp3) is 0.105. The lowest BCUT2D eigenvalue weighted by molar-refractivity contribution is -0.120. The van der Waals surface area contributed by atoms with E-state index in [1.54, 1.807) is 36.4 Å². The molecule has 28 heavy (non-hydrogen) atoms. The van der Waals surface area contributed by atoms with E-state index >= 15 is 0 Å². The number of hydrogen-bond acceptors (Lipinski definition) is 5. The molecule has 0 fully saturated rings. The summed E-state index contributed by atoms with van der Waals surface area (Å²) in [6, 6.07) is 11.7. The van der Waals surface area contributed by atoms with Crippen molar-refractivity contribution in [1.82, 2.24) is 0 Å². The lowest BCUT2D eigenvalue weighted by atomic mass is 10.1. The molecule has 2 amide bonds. The van der Waals surface area contributed by atoms with E-state index in [-0.39, 0.29) is 17.9 Å². The average Bonchev–Trinajstić information content (AvgIpc) is 2.66. The first-order chi connectivity index (χ1) is 13.3. The highest BCUT2D eigenvalue weighted by molar-refractivity contribution is 9.10. The van der Waals surface area contributed by atoms with Crippen molar-refractivity contribution in [3.05, 3.63) is 57.0 Å². The Labute approximate surface area is 174 Å². The highest BCUT2D eigenvalue weighted by Crippen LogP contribution is 2.37. The number of nitriles is 1. The van der Waals surface area contributed by atoms with Crippen molar-refractivity contribution in [2.75, 3.05) is 19.0 Å². The number of primary amides is 1. The van der Waals surface area contributed by atoms with E-state index < -0.39 is 11.8 Å². The second-order valence-electron chi connectivity index (χ2n) is 5.39. The molecule has 0 aliphatic carbocycles. The van der Waals surface area contributed by atoms with Gasteiger partial charge in [0.05, 0.1) is 22.3 Å². The number of amides is 2. The van der Waals surface area contributed by atoms with Crippen molar-refractivity contribution in [2.24, 2.45) is 5.73 Å². The van der Waals surface area contributed by atoms with Crippen LogP contribution in [0.25, 0.3) is 6.08 Å². The first-order valence-electron chi connectivity index (χ1n) is 7.82. The zero-order chi connectivity index (χ0) is 20.7. The van der Waals surface area contributed by atoms with Gasteiger partial charge in [0.1, 0.15) is 11.6 Å². The number of rotatable bonds is 7. The Balaban J connectivity index is 2.32. The summed E-state index contributed by atoms with van der Waals surface area (Å²) in [6.45, 7) is -0.326. The van der Waals surface area contributed by atoms with Gasteiger partial charge >= 0.3 is 0 Å². The van der Waals surface area contributed by atoms with Crippen molar-refractivity contribution in [2.45, 2.75) is 0 Å². The Morgan fingerprint density at radius 1 is 1.36 bits per heavy atom. The number of carbonyl (C=O) groups is 2. The van der Waals surface area contributed by atoms with Gasteiger partial charge in [0.15, 0.2) is 18.1 Å². The highest BCUT2D eigenvalue weighted by Gasteiger charge is 2.15. The Morgan fingerprint density at radius 2 is 2.07 bits per heavy atom. The molecular formula is C19H15BrClN3O4. The SMILES string of the molecule is COc1cc(/C=C(\C#N)C(=O)Nc2ccccc2Cl)cc(Br)c1OCC(N)=O. The number of nitrogens with one attached hydrogen (secondary N) is 1. The first-order valence-corrected chi connectivity index (χ1v) is 8.99. The number of nitrogens with zero attached hydrogens (tertiary/aromatic N) is 1. The Kier molecular flexibility index (Phi) is 7.44. The second-order valence-corrected chi connectivity index (χ2v) is 6.65. The number of benzene rings is 2. The Hall–Kier alpha value is -3.02. The van der Waals surface area contributed by atoms with Gasteiger partial charge in [0.25, 0.3) is 11.8 Å². The van der Waals surface area contributed by atoms with Gasteiger partial charge in [-0.1, -0.05) is 23.7 Å². The minimum Gasteiger partial charge on any atom is -0.493 e. The molecule has 3 N–H and O–H groups in total. The number of halogens is 2. The summed E-state index contributed by atoms with van der Waals surface area (Å²) in [4.78, 5) is 23.3. The molecule has 2 rings (SSSR count). The second kappa shape index (κ2) is 9.78. The molecule has 0 heterocycles. The van der Waals surface area contributed by atoms with E-state index in [2.05, 4.69) is 21.2 Å². The number of hydrogen-bond donors (Lipinski definition) is 2. The third kappa shape index (κ3) is 5.49. The van der Waals surface area contributed by atoms with Crippen molar-refractivity contribution in [1.29, 1.82) is 5.26 Å². The van der Waals surface area contributed by atoms with Gasteiger partial charge in [-0.2, -0.15) is 5.26 Å². The summed E-state index contributed by atoms with van der Waals surface area (Å²) in [7, 11) is 1.42. The van der Waals surface area contributed by atoms with Crippen LogP contribution < -0.4 is 20.5 Å². The van der Waals surface area contributed by atoms with E-state index in [1.807, 2.05) is 6.07 Å². The standard InChI is InChI=1S/C19H15BrClN3O4/c1-27-16-8-11(7-13(20)18(16)28-10-17(23)25)6-12(9-22)19(26)24-15-5-3-2-4-14(15)21/h2-8H,10H2,1H3,(H2,23,25)(H,24,26)/b12-6+. The number of carbonyl (C=O) groups excluding carboxylic acids is 2. The van der Waals surface area contributed by atoms with Gasteiger partial charge in [-0.25, -0.2) is 0 Å². The number of ether oxygens (including phenoxy) is 2. The minimum atomic E-state index is -0.638. The van der Waals surface area contributed by atoms with Crippen LogP contribution in [0.4, 0.5) is 5.69 Å². The lowest BCUT2D eigenvalue weighted by Crippen LogP contribution is -2.20. The molecule has 0 atom stereocenters. The van der Waals surface area contributed by atoms with Gasteiger partial charge in [-0.15, -0.1) is 0 Å². The van der Waals surface area contributed by atoms with Crippen LogP contribution in [0.3, 0.4) is 0 Å². The number of para-hydroxylation sites is 1.